The number of anilines is 1. The van der Waals surface area contributed by atoms with Gasteiger partial charge in [0.15, 0.2) is 0 Å². The second-order valence-electron chi connectivity index (χ2n) is 8.28. The van der Waals surface area contributed by atoms with Gasteiger partial charge in [0.1, 0.15) is 18.5 Å². The van der Waals surface area contributed by atoms with Crippen LogP contribution < -0.4 is 10.2 Å². The van der Waals surface area contributed by atoms with E-state index in [9.17, 15) is 9.59 Å². The maximum absolute atomic E-state index is 13.2. The van der Waals surface area contributed by atoms with Crippen LogP contribution in [0.3, 0.4) is 0 Å². The van der Waals surface area contributed by atoms with Gasteiger partial charge >= 0.3 is 6.03 Å². The van der Waals surface area contributed by atoms with Crippen molar-refractivity contribution >= 4 is 17.6 Å². The zero-order valence-corrected chi connectivity index (χ0v) is 17.1. The van der Waals surface area contributed by atoms with Crippen LogP contribution in [0.2, 0.25) is 0 Å². The highest BCUT2D eigenvalue weighted by Crippen LogP contribution is 2.34. The van der Waals surface area contributed by atoms with E-state index >= 15 is 0 Å². The molecule has 4 rings (SSSR count). The van der Waals surface area contributed by atoms with Crippen LogP contribution in [0, 0.1) is 19.8 Å². The number of nitrogens with zero attached hydrogens (tertiary/aromatic N) is 4. The van der Waals surface area contributed by atoms with Crippen LogP contribution in [0.15, 0.2) is 30.9 Å². The normalized spacial score (nSPS) is 30.5. The highest BCUT2D eigenvalue weighted by Gasteiger charge is 2.56. The molecule has 4 unspecified atom stereocenters. The molecule has 0 bridgehead atoms. The Morgan fingerprint density at radius 2 is 1.96 bits per heavy atom. The van der Waals surface area contributed by atoms with E-state index in [1.54, 1.807) is 18.0 Å². The molecule has 3 heterocycles. The topological polar surface area (TPSA) is 59.1 Å². The Morgan fingerprint density at radius 3 is 2.64 bits per heavy atom. The molecule has 3 aliphatic rings. The van der Waals surface area contributed by atoms with Crippen molar-refractivity contribution < 1.29 is 9.59 Å². The summed E-state index contributed by atoms with van der Waals surface area (Å²) in [6.07, 6.45) is 1.16. The van der Waals surface area contributed by atoms with Crippen LogP contribution in [0.5, 0.6) is 0 Å². The third-order valence-corrected chi connectivity index (χ3v) is 6.22. The summed E-state index contributed by atoms with van der Waals surface area (Å²) in [5, 5.41) is 3.55. The monoisotopic (exact) mass is 383 g/mol. The molecule has 0 radical (unpaired) electrons. The number of rotatable bonds is 3. The van der Waals surface area contributed by atoms with Crippen LogP contribution in [0.4, 0.5) is 10.5 Å². The number of urea groups is 1. The predicted molar refractivity (Wildman–Crippen MR) is 109 cm³/mol. The number of carbonyl (C=O) groups is 2. The van der Waals surface area contributed by atoms with Gasteiger partial charge < -0.3 is 9.80 Å². The smallest absolute Gasteiger partial charge is 0.328 e. The molecule has 0 aromatic heterocycles. The molecule has 7 heteroatoms. The van der Waals surface area contributed by atoms with Gasteiger partial charge in [0.05, 0.1) is 0 Å². The molecule has 4 atom stereocenters. The van der Waals surface area contributed by atoms with Crippen molar-refractivity contribution in [1.29, 1.82) is 0 Å². The first-order valence-electron chi connectivity index (χ1n) is 9.88. The summed E-state index contributed by atoms with van der Waals surface area (Å²) < 4.78 is 0. The zero-order valence-electron chi connectivity index (χ0n) is 17.1. The molecule has 28 heavy (non-hydrogen) atoms. The first-order valence-corrected chi connectivity index (χ1v) is 9.88. The minimum absolute atomic E-state index is 0.115. The number of likely N-dealkylation sites (N-methyl/N-ethyl adjacent to an activating group) is 1. The number of imide groups is 1. The fraction of sp³-hybridized carbons (Fsp3) is 0.524. The molecule has 1 N–H and O–H groups in total. The first kappa shape index (κ1) is 19.0. The summed E-state index contributed by atoms with van der Waals surface area (Å²) >= 11 is 0. The van der Waals surface area contributed by atoms with Crippen molar-refractivity contribution in [2.24, 2.45) is 5.92 Å². The summed E-state index contributed by atoms with van der Waals surface area (Å²) in [4.78, 5) is 33.4. The largest absolute Gasteiger partial charge is 0.343 e. The number of fused-ring (bicyclic) bond motifs is 3. The van der Waals surface area contributed by atoms with Gasteiger partial charge in [-0.3, -0.25) is 19.9 Å². The summed E-state index contributed by atoms with van der Waals surface area (Å²) in [5.74, 6) is 0.263. The van der Waals surface area contributed by atoms with Gasteiger partial charge in [0.2, 0.25) is 0 Å². The summed E-state index contributed by atoms with van der Waals surface area (Å²) in [6, 6.07) is 5.83. The lowest BCUT2D eigenvalue weighted by molar-refractivity contribution is -0.138. The molecule has 0 aliphatic carbocycles. The minimum atomic E-state index is -0.385. The SMILES string of the molecule is C=CCN1C(=O)C2C(NC3N(c4ccc(C)c(C)c4)CC(C)CN23)N(C)C1=O. The molecule has 3 amide bonds. The van der Waals surface area contributed by atoms with Crippen molar-refractivity contribution in [3.63, 3.8) is 0 Å². The van der Waals surface area contributed by atoms with E-state index in [4.69, 9.17) is 0 Å². The number of hydrogen-bond acceptors (Lipinski definition) is 5. The maximum Gasteiger partial charge on any atom is 0.328 e. The number of amides is 3. The van der Waals surface area contributed by atoms with Crippen LogP contribution >= 0.6 is 0 Å². The van der Waals surface area contributed by atoms with E-state index in [-0.39, 0.29) is 37.0 Å². The number of hydrogen-bond donors (Lipinski definition) is 1. The van der Waals surface area contributed by atoms with Gasteiger partial charge in [0.25, 0.3) is 5.91 Å². The highest BCUT2D eigenvalue weighted by molar-refractivity contribution is 6.00. The zero-order chi connectivity index (χ0) is 20.2. The van der Waals surface area contributed by atoms with Crippen molar-refractivity contribution in [1.82, 2.24) is 20.0 Å². The van der Waals surface area contributed by atoms with E-state index in [0.29, 0.717) is 5.92 Å². The second-order valence-corrected chi connectivity index (χ2v) is 8.28. The van der Waals surface area contributed by atoms with E-state index in [2.05, 4.69) is 60.7 Å². The van der Waals surface area contributed by atoms with Crippen molar-refractivity contribution in [3.8, 4) is 0 Å². The van der Waals surface area contributed by atoms with Gasteiger partial charge in [-0.25, -0.2) is 4.79 Å². The number of aryl methyl sites for hydroxylation is 2. The lowest BCUT2D eigenvalue weighted by Crippen LogP contribution is -2.66. The van der Waals surface area contributed by atoms with Crippen LogP contribution in [0.25, 0.3) is 0 Å². The maximum atomic E-state index is 13.2. The Bertz CT molecular complexity index is 825. The summed E-state index contributed by atoms with van der Waals surface area (Å²) in [7, 11) is 1.76. The lowest BCUT2D eigenvalue weighted by Gasteiger charge is -2.46. The van der Waals surface area contributed by atoms with E-state index in [0.717, 1.165) is 18.8 Å². The Hall–Kier alpha value is -2.38. The minimum Gasteiger partial charge on any atom is -0.343 e. The van der Waals surface area contributed by atoms with Gasteiger partial charge in [0, 0.05) is 32.4 Å². The fourth-order valence-corrected chi connectivity index (χ4v) is 4.62. The molecule has 150 valence electrons. The van der Waals surface area contributed by atoms with Crippen LogP contribution in [0.1, 0.15) is 18.1 Å². The molecule has 1 aromatic carbocycles. The fourth-order valence-electron chi connectivity index (χ4n) is 4.62. The summed E-state index contributed by atoms with van der Waals surface area (Å²) in [6.45, 7) is 12.1. The average molecular weight is 383 g/mol. The molecule has 1 aromatic rings. The third kappa shape index (κ3) is 2.81. The Morgan fingerprint density at radius 1 is 1.21 bits per heavy atom. The van der Waals surface area contributed by atoms with Crippen molar-refractivity contribution in [2.75, 3.05) is 31.6 Å². The van der Waals surface area contributed by atoms with Gasteiger partial charge in [-0.05, 0) is 43.0 Å². The third-order valence-electron chi connectivity index (χ3n) is 6.22. The Kier molecular flexibility index (Phi) is 4.67. The van der Waals surface area contributed by atoms with Gasteiger partial charge in [-0.2, -0.15) is 0 Å². The van der Waals surface area contributed by atoms with E-state index in [1.807, 2.05) is 0 Å². The highest BCUT2D eigenvalue weighted by atomic mass is 16.2. The lowest BCUT2D eigenvalue weighted by atomic mass is 10.0. The molecule has 0 spiro atoms. The Labute approximate surface area is 166 Å². The van der Waals surface area contributed by atoms with Crippen molar-refractivity contribution in [2.45, 2.75) is 39.3 Å². The van der Waals surface area contributed by atoms with Gasteiger partial charge in [-0.1, -0.05) is 19.1 Å². The molecular formula is C21H29N5O2. The molecule has 7 nitrogen and oxygen atoms in total. The molecule has 3 fully saturated rings. The second kappa shape index (κ2) is 6.90. The van der Waals surface area contributed by atoms with E-state index in [1.165, 1.54) is 16.0 Å². The standard InChI is InChI=1S/C21H29N5O2/c1-6-9-24-19(27)17-18(23(5)21(24)28)22-20-25(11-13(2)12-26(17)20)16-8-7-14(3)15(4)10-16/h6-8,10,13,17-18,20,22H,1,9,11-12H2,2-5H3. The van der Waals surface area contributed by atoms with Gasteiger partial charge in [-0.15, -0.1) is 6.58 Å². The average Bonchev–Trinajstić information content (AvgIpc) is 3.04. The predicted octanol–water partition coefficient (Wildman–Crippen LogP) is 1.72. The van der Waals surface area contributed by atoms with Crippen LogP contribution in [-0.4, -0.2) is 71.8 Å². The molecule has 3 aliphatic heterocycles. The number of carbonyl (C=O) groups excluding carboxylic acids is 2. The summed E-state index contributed by atoms with van der Waals surface area (Å²) in [5.41, 5.74) is 3.65. The van der Waals surface area contributed by atoms with E-state index < -0.39 is 0 Å². The molecule has 3 saturated heterocycles. The molecule has 0 saturated carbocycles. The molecular weight excluding hydrogens is 354 g/mol. The van der Waals surface area contributed by atoms with Crippen LogP contribution in [-0.2, 0) is 4.79 Å². The van der Waals surface area contributed by atoms with Crippen molar-refractivity contribution in [3.05, 3.63) is 42.0 Å². The quantitative estimate of drug-likeness (QED) is 0.806. The Balaban J connectivity index is 1.70. The number of nitrogens with one attached hydrogen (secondary N) is 1. The first-order chi connectivity index (χ1) is 13.3. The number of benzene rings is 1.